The van der Waals surface area contributed by atoms with Crippen LogP contribution >= 0.6 is 0 Å². The van der Waals surface area contributed by atoms with E-state index in [1.54, 1.807) is 6.07 Å². The molecule has 1 heterocycles. The number of aromatic nitrogens is 1. The second-order valence-electron chi connectivity index (χ2n) is 3.69. The Bertz CT molecular complexity index is 388. The van der Waals surface area contributed by atoms with Gasteiger partial charge >= 0.3 is 5.69 Å². The minimum Gasteiger partial charge on any atom is -0.380 e. The van der Waals surface area contributed by atoms with E-state index < -0.39 is 4.92 Å². The first-order chi connectivity index (χ1) is 7.22. The Balaban J connectivity index is 2.34. The molecule has 5 heteroatoms. The van der Waals surface area contributed by atoms with Gasteiger partial charge in [-0.2, -0.15) is 0 Å². The lowest BCUT2D eigenvalue weighted by atomic mass is 10.2. The van der Waals surface area contributed by atoms with Gasteiger partial charge in [0.15, 0.2) is 0 Å². The van der Waals surface area contributed by atoms with Gasteiger partial charge < -0.3 is 5.32 Å². The van der Waals surface area contributed by atoms with E-state index in [2.05, 4.69) is 10.3 Å². The first kappa shape index (κ1) is 9.89. The van der Waals surface area contributed by atoms with E-state index in [4.69, 9.17) is 0 Å². The highest BCUT2D eigenvalue weighted by molar-refractivity contribution is 5.61. The Labute approximate surface area is 87.7 Å². The van der Waals surface area contributed by atoms with Crippen molar-refractivity contribution in [3.63, 3.8) is 0 Å². The minimum absolute atomic E-state index is 0.0567. The summed E-state index contributed by atoms with van der Waals surface area (Å²) in [5, 5.41) is 13.7. The van der Waals surface area contributed by atoms with Crippen molar-refractivity contribution in [3.05, 3.63) is 28.1 Å². The van der Waals surface area contributed by atoms with Gasteiger partial charge in [0.05, 0.1) is 4.92 Å². The highest BCUT2D eigenvalue weighted by atomic mass is 16.6. The molecule has 0 saturated heterocycles. The van der Waals surface area contributed by atoms with E-state index in [0.717, 1.165) is 18.5 Å². The summed E-state index contributed by atoms with van der Waals surface area (Å²) < 4.78 is 0. The topological polar surface area (TPSA) is 68.1 Å². The van der Waals surface area contributed by atoms with Crippen molar-refractivity contribution in [3.8, 4) is 0 Å². The summed E-state index contributed by atoms with van der Waals surface area (Å²) in [4.78, 5) is 14.4. The maximum Gasteiger partial charge on any atom is 0.310 e. The van der Waals surface area contributed by atoms with Crippen LogP contribution in [-0.4, -0.2) is 16.5 Å². The molecule has 1 fully saturated rings. The molecule has 0 atom stereocenters. The zero-order valence-corrected chi connectivity index (χ0v) is 8.56. The molecule has 0 unspecified atom stereocenters. The number of nitrogens with one attached hydrogen (secondary N) is 1. The van der Waals surface area contributed by atoms with Crippen molar-refractivity contribution < 1.29 is 4.92 Å². The van der Waals surface area contributed by atoms with Crippen LogP contribution in [0.2, 0.25) is 0 Å². The molecule has 0 amide bonds. The second-order valence-corrected chi connectivity index (χ2v) is 3.69. The van der Waals surface area contributed by atoms with Crippen LogP contribution in [-0.2, 0) is 0 Å². The van der Waals surface area contributed by atoms with Gasteiger partial charge in [-0.05, 0) is 25.8 Å². The standard InChI is InChI=1S/C10H13N3O2/c1-2-11-9-5-8(7-3-4-7)12-6-10(9)13(14)15/h5-7H,2-4H2,1H3,(H,11,12). The zero-order valence-electron chi connectivity index (χ0n) is 8.56. The summed E-state index contributed by atoms with van der Waals surface area (Å²) in [5.74, 6) is 0.517. The normalized spacial score (nSPS) is 15.0. The van der Waals surface area contributed by atoms with E-state index in [-0.39, 0.29) is 5.69 Å². The Hall–Kier alpha value is -1.65. The molecule has 1 saturated carbocycles. The summed E-state index contributed by atoms with van der Waals surface area (Å²) >= 11 is 0. The fourth-order valence-corrected chi connectivity index (χ4v) is 1.54. The lowest BCUT2D eigenvalue weighted by Crippen LogP contribution is -2.03. The summed E-state index contributed by atoms with van der Waals surface area (Å²) in [6, 6.07) is 1.80. The van der Waals surface area contributed by atoms with Gasteiger partial charge in [0.25, 0.3) is 0 Å². The van der Waals surface area contributed by atoms with Crippen molar-refractivity contribution in [2.24, 2.45) is 0 Å². The molecule has 1 aliphatic rings. The third-order valence-electron chi connectivity index (χ3n) is 2.46. The summed E-state index contributed by atoms with van der Waals surface area (Å²) in [6.07, 6.45) is 3.65. The Morgan fingerprint density at radius 3 is 2.93 bits per heavy atom. The van der Waals surface area contributed by atoms with Crippen molar-refractivity contribution in [2.75, 3.05) is 11.9 Å². The van der Waals surface area contributed by atoms with Gasteiger partial charge in [0.1, 0.15) is 11.9 Å². The fraction of sp³-hybridized carbons (Fsp3) is 0.500. The molecule has 0 spiro atoms. The summed E-state index contributed by atoms with van der Waals surface area (Å²) in [6.45, 7) is 2.59. The Morgan fingerprint density at radius 2 is 2.40 bits per heavy atom. The van der Waals surface area contributed by atoms with E-state index in [1.165, 1.54) is 6.20 Å². The predicted molar refractivity (Wildman–Crippen MR) is 57.0 cm³/mol. The highest BCUT2D eigenvalue weighted by Gasteiger charge is 2.27. The maximum atomic E-state index is 10.7. The molecule has 1 aromatic heterocycles. The van der Waals surface area contributed by atoms with E-state index in [0.29, 0.717) is 18.2 Å². The van der Waals surface area contributed by atoms with Crippen LogP contribution in [0.25, 0.3) is 0 Å². The van der Waals surface area contributed by atoms with Crippen molar-refractivity contribution in [1.29, 1.82) is 0 Å². The molecule has 0 aliphatic heterocycles. The van der Waals surface area contributed by atoms with Gasteiger partial charge in [-0.15, -0.1) is 0 Å². The SMILES string of the molecule is CCNc1cc(C2CC2)ncc1[N+](=O)[O-]. The smallest absolute Gasteiger partial charge is 0.310 e. The molecule has 0 bridgehead atoms. The molecular weight excluding hydrogens is 194 g/mol. The zero-order chi connectivity index (χ0) is 10.8. The van der Waals surface area contributed by atoms with Crippen LogP contribution in [0, 0.1) is 10.1 Å². The number of anilines is 1. The predicted octanol–water partition coefficient (Wildman–Crippen LogP) is 2.30. The van der Waals surface area contributed by atoms with Crippen molar-refractivity contribution in [2.45, 2.75) is 25.7 Å². The van der Waals surface area contributed by atoms with E-state index in [9.17, 15) is 10.1 Å². The monoisotopic (exact) mass is 207 g/mol. The molecular formula is C10H13N3O2. The molecule has 2 rings (SSSR count). The lowest BCUT2D eigenvalue weighted by molar-refractivity contribution is -0.384. The first-order valence-electron chi connectivity index (χ1n) is 5.10. The van der Waals surface area contributed by atoms with Gasteiger partial charge in [0.2, 0.25) is 0 Å². The minimum atomic E-state index is -0.401. The molecule has 1 N–H and O–H groups in total. The van der Waals surface area contributed by atoms with Crippen LogP contribution in [0.3, 0.4) is 0 Å². The summed E-state index contributed by atoms with van der Waals surface area (Å²) in [7, 11) is 0. The van der Waals surface area contributed by atoms with Gasteiger partial charge in [-0.25, -0.2) is 0 Å². The second kappa shape index (κ2) is 3.84. The van der Waals surface area contributed by atoms with Crippen molar-refractivity contribution in [1.82, 2.24) is 4.98 Å². The molecule has 5 nitrogen and oxygen atoms in total. The number of hydrogen-bond donors (Lipinski definition) is 1. The third kappa shape index (κ3) is 2.06. The number of pyridine rings is 1. The van der Waals surface area contributed by atoms with Gasteiger partial charge in [0, 0.05) is 18.2 Å². The Kier molecular flexibility index (Phi) is 2.53. The molecule has 0 aromatic carbocycles. The quantitative estimate of drug-likeness (QED) is 0.607. The largest absolute Gasteiger partial charge is 0.380 e. The molecule has 80 valence electrons. The Morgan fingerprint density at radius 1 is 1.67 bits per heavy atom. The average molecular weight is 207 g/mol. The van der Waals surface area contributed by atoms with E-state index in [1.807, 2.05) is 6.92 Å². The summed E-state index contributed by atoms with van der Waals surface area (Å²) in [5.41, 5.74) is 1.61. The number of nitro groups is 1. The lowest BCUT2D eigenvalue weighted by Gasteiger charge is -2.05. The molecule has 0 radical (unpaired) electrons. The average Bonchev–Trinajstić information content (AvgIpc) is 3.01. The first-order valence-corrected chi connectivity index (χ1v) is 5.10. The van der Waals surface area contributed by atoms with Crippen LogP contribution < -0.4 is 5.32 Å². The van der Waals surface area contributed by atoms with Crippen LogP contribution in [0.5, 0.6) is 0 Å². The molecule has 15 heavy (non-hydrogen) atoms. The van der Waals surface area contributed by atoms with E-state index >= 15 is 0 Å². The number of nitrogens with zero attached hydrogens (tertiary/aromatic N) is 2. The van der Waals surface area contributed by atoms with Crippen LogP contribution in [0.4, 0.5) is 11.4 Å². The van der Waals surface area contributed by atoms with Gasteiger partial charge in [-0.3, -0.25) is 15.1 Å². The van der Waals surface area contributed by atoms with Crippen LogP contribution in [0.1, 0.15) is 31.4 Å². The number of hydrogen-bond acceptors (Lipinski definition) is 4. The molecule has 1 aliphatic carbocycles. The number of rotatable bonds is 4. The maximum absolute atomic E-state index is 10.7. The fourth-order valence-electron chi connectivity index (χ4n) is 1.54. The van der Waals surface area contributed by atoms with Gasteiger partial charge in [-0.1, -0.05) is 0 Å². The highest BCUT2D eigenvalue weighted by Crippen LogP contribution is 2.40. The molecule has 1 aromatic rings. The third-order valence-corrected chi connectivity index (χ3v) is 2.46. The van der Waals surface area contributed by atoms with Crippen molar-refractivity contribution >= 4 is 11.4 Å². The van der Waals surface area contributed by atoms with Crippen LogP contribution in [0.15, 0.2) is 12.3 Å².